The molecular weight excluding hydrogens is 351 g/mol. The van der Waals surface area contributed by atoms with Crippen molar-refractivity contribution in [3.05, 3.63) is 44.4 Å². The van der Waals surface area contributed by atoms with Gasteiger partial charge in [0.05, 0.1) is 4.47 Å². The van der Waals surface area contributed by atoms with E-state index in [0.29, 0.717) is 10.6 Å². The van der Waals surface area contributed by atoms with E-state index in [1.54, 1.807) is 6.07 Å². The highest BCUT2D eigenvalue weighted by Gasteiger charge is 2.22. The predicted octanol–water partition coefficient (Wildman–Crippen LogP) is 5.67. The Kier molecular flexibility index (Phi) is 4.22. The monoisotopic (exact) mass is 366 g/mol. The van der Waals surface area contributed by atoms with E-state index in [-0.39, 0.29) is 5.82 Å². The van der Waals surface area contributed by atoms with Crippen LogP contribution in [0.4, 0.5) is 4.39 Å². The first-order valence-corrected chi connectivity index (χ1v) is 8.32. The van der Waals surface area contributed by atoms with Gasteiger partial charge in [-0.2, -0.15) is 0 Å². The van der Waals surface area contributed by atoms with Gasteiger partial charge in [0.1, 0.15) is 16.3 Å². The molecule has 1 fully saturated rings. The maximum atomic E-state index is 13.3. The number of aromatic amines is 1. The smallest absolute Gasteiger partial charge is 0.144 e. The van der Waals surface area contributed by atoms with Crippen LogP contribution in [-0.4, -0.2) is 9.97 Å². The van der Waals surface area contributed by atoms with Gasteiger partial charge in [0.15, 0.2) is 0 Å². The molecule has 1 aliphatic carbocycles. The molecule has 0 bridgehead atoms. The van der Waals surface area contributed by atoms with Crippen molar-refractivity contribution in [2.24, 2.45) is 0 Å². The summed E-state index contributed by atoms with van der Waals surface area (Å²) in [5, 5.41) is 0. The van der Waals surface area contributed by atoms with Gasteiger partial charge in [0, 0.05) is 17.2 Å². The fourth-order valence-corrected chi connectivity index (χ4v) is 3.71. The van der Waals surface area contributed by atoms with E-state index in [1.165, 1.54) is 37.8 Å². The molecule has 0 aliphatic heterocycles. The minimum Gasteiger partial charge on any atom is -0.342 e. The summed E-state index contributed by atoms with van der Waals surface area (Å²) in [4.78, 5) is 7.88. The fraction of sp³-hybridized carbons (Fsp3) is 0.375. The lowest BCUT2D eigenvalue weighted by Crippen LogP contribution is -2.03. The zero-order valence-corrected chi connectivity index (χ0v) is 14.2. The van der Waals surface area contributed by atoms with E-state index >= 15 is 0 Å². The Hall–Kier alpha value is -1.07. The SMILES string of the molecule is Cc1cc(F)ccc1-c1nc(=S)c(Br)c(C2CCCC2)[nH]1. The second kappa shape index (κ2) is 5.97. The van der Waals surface area contributed by atoms with Crippen LogP contribution in [0.15, 0.2) is 22.7 Å². The Morgan fingerprint density at radius 1 is 1.33 bits per heavy atom. The van der Waals surface area contributed by atoms with E-state index in [1.807, 2.05) is 6.92 Å². The van der Waals surface area contributed by atoms with E-state index in [0.717, 1.165) is 27.1 Å². The van der Waals surface area contributed by atoms with Crippen LogP contribution >= 0.6 is 28.1 Å². The van der Waals surface area contributed by atoms with Gasteiger partial charge in [-0.15, -0.1) is 0 Å². The van der Waals surface area contributed by atoms with Gasteiger partial charge < -0.3 is 4.98 Å². The third-order valence-electron chi connectivity index (χ3n) is 4.10. The van der Waals surface area contributed by atoms with E-state index in [9.17, 15) is 4.39 Å². The maximum Gasteiger partial charge on any atom is 0.144 e. The van der Waals surface area contributed by atoms with E-state index in [2.05, 4.69) is 25.9 Å². The Bertz CT molecular complexity index is 736. The molecule has 0 amide bonds. The summed E-state index contributed by atoms with van der Waals surface area (Å²) in [6.45, 7) is 1.88. The predicted molar refractivity (Wildman–Crippen MR) is 88.5 cm³/mol. The highest BCUT2D eigenvalue weighted by molar-refractivity contribution is 9.10. The van der Waals surface area contributed by atoms with Crippen molar-refractivity contribution < 1.29 is 4.39 Å². The topological polar surface area (TPSA) is 28.7 Å². The molecule has 2 aromatic rings. The molecule has 21 heavy (non-hydrogen) atoms. The van der Waals surface area contributed by atoms with Crippen LogP contribution in [0.2, 0.25) is 0 Å². The average Bonchev–Trinajstić information content (AvgIpc) is 2.96. The number of H-pyrrole nitrogens is 1. The highest BCUT2D eigenvalue weighted by atomic mass is 79.9. The molecule has 1 aromatic carbocycles. The third-order valence-corrected chi connectivity index (χ3v) is 5.46. The van der Waals surface area contributed by atoms with Gasteiger partial charge in [0.25, 0.3) is 0 Å². The van der Waals surface area contributed by atoms with Gasteiger partial charge in [-0.3, -0.25) is 0 Å². The minimum absolute atomic E-state index is 0.233. The summed E-state index contributed by atoms with van der Waals surface area (Å²) in [6, 6.07) is 4.73. The Labute approximate surface area is 137 Å². The van der Waals surface area contributed by atoms with Gasteiger partial charge in [-0.25, -0.2) is 9.37 Å². The van der Waals surface area contributed by atoms with Gasteiger partial charge in [-0.1, -0.05) is 25.1 Å². The summed E-state index contributed by atoms with van der Waals surface area (Å²) in [7, 11) is 0. The van der Waals surface area contributed by atoms with Crippen LogP contribution in [0.5, 0.6) is 0 Å². The lowest BCUT2D eigenvalue weighted by Gasteiger charge is -2.15. The molecule has 1 heterocycles. The maximum absolute atomic E-state index is 13.3. The lowest BCUT2D eigenvalue weighted by molar-refractivity contribution is 0.626. The second-order valence-electron chi connectivity index (χ2n) is 5.56. The number of nitrogens with zero attached hydrogens (tertiary/aromatic N) is 1. The molecule has 0 atom stereocenters. The quantitative estimate of drug-likeness (QED) is 0.693. The van der Waals surface area contributed by atoms with Crippen LogP contribution in [0.1, 0.15) is 42.9 Å². The molecule has 2 nitrogen and oxygen atoms in total. The van der Waals surface area contributed by atoms with Crippen LogP contribution in [0, 0.1) is 17.4 Å². The molecule has 0 spiro atoms. The third kappa shape index (κ3) is 2.94. The molecule has 1 aliphatic rings. The number of aryl methyl sites for hydroxylation is 1. The van der Waals surface area contributed by atoms with Crippen LogP contribution in [-0.2, 0) is 0 Å². The van der Waals surface area contributed by atoms with Crippen molar-refractivity contribution in [1.29, 1.82) is 0 Å². The molecule has 5 heteroatoms. The Morgan fingerprint density at radius 2 is 2.05 bits per heavy atom. The Morgan fingerprint density at radius 3 is 2.71 bits per heavy atom. The van der Waals surface area contributed by atoms with E-state index in [4.69, 9.17) is 12.2 Å². The first-order valence-electron chi connectivity index (χ1n) is 7.12. The molecule has 110 valence electrons. The van der Waals surface area contributed by atoms with Crippen molar-refractivity contribution >= 4 is 28.1 Å². The van der Waals surface area contributed by atoms with Crippen LogP contribution in [0.25, 0.3) is 11.4 Å². The minimum atomic E-state index is -0.233. The fourth-order valence-electron chi connectivity index (χ4n) is 2.99. The number of benzene rings is 1. The summed E-state index contributed by atoms with van der Waals surface area (Å²) in [5.74, 6) is 0.995. The molecule has 0 saturated heterocycles. The summed E-state index contributed by atoms with van der Waals surface area (Å²) in [5.41, 5.74) is 2.88. The number of rotatable bonds is 2. The Balaban J connectivity index is 2.13. The van der Waals surface area contributed by atoms with Crippen molar-refractivity contribution in [2.45, 2.75) is 38.5 Å². The largest absolute Gasteiger partial charge is 0.342 e. The number of aromatic nitrogens is 2. The zero-order valence-electron chi connectivity index (χ0n) is 11.7. The van der Waals surface area contributed by atoms with Crippen molar-refractivity contribution in [3.63, 3.8) is 0 Å². The number of hydrogen-bond donors (Lipinski definition) is 1. The summed E-state index contributed by atoms with van der Waals surface area (Å²) < 4.78 is 14.7. The van der Waals surface area contributed by atoms with Crippen LogP contribution in [0.3, 0.4) is 0 Å². The van der Waals surface area contributed by atoms with Gasteiger partial charge in [-0.05, 0) is 59.5 Å². The number of nitrogens with one attached hydrogen (secondary N) is 1. The van der Waals surface area contributed by atoms with Crippen molar-refractivity contribution in [3.8, 4) is 11.4 Å². The molecule has 0 unspecified atom stereocenters. The highest BCUT2D eigenvalue weighted by Crippen LogP contribution is 2.37. The van der Waals surface area contributed by atoms with Crippen LogP contribution < -0.4 is 0 Å². The molecule has 1 N–H and O–H groups in total. The summed E-state index contributed by atoms with van der Waals surface area (Å²) in [6.07, 6.45) is 4.86. The second-order valence-corrected chi connectivity index (χ2v) is 6.74. The van der Waals surface area contributed by atoms with Gasteiger partial charge in [0.2, 0.25) is 0 Å². The van der Waals surface area contributed by atoms with Gasteiger partial charge >= 0.3 is 0 Å². The first kappa shape index (κ1) is 14.9. The molecule has 1 aromatic heterocycles. The molecule has 0 radical (unpaired) electrons. The standard InChI is InChI=1S/C16H16BrFN2S/c1-9-8-11(18)6-7-12(9)15-19-14(10-4-2-3-5-10)13(17)16(21)20-15/h6-8,10H,2-5H2,1H3,(H,19,20,21). The number of halogens is 2. The first-order chi connectivity index (χ1) is 10.1. The molecule has 1 saturated carbocycles. The van der Waals surface area contributed by atoms with E-state index < -0.39 is 0 Å². The average molecular weight is 367 g/mol. The normalized spacial score (nSPS) is 15.6. The van der Waals surface area contributed by atoms with Crippen molar-refractivity contribution in [1.82, 2.24) is 9.97 Å². The van der Waals surface area contributed by atoms with Crippen molar-refractivity contribution in [2.75, 3.05) is 0 Å². The molecular formula is C16H16BrFN2S. The lowest BCUT2D eigenvalue weighted by atomic mass is 10.0. The zero-order chi connectivity index (χ0) is 15.0. The number of hydrogen-bond acceptors (Lipinski definition) is 2. The molecule has 3 rings (SSSR count). The summed E-state index contributed by atoms with van der Waals surface area (Å²) >= 11 is 8.95.